The lowest BCUT2D eigenvalue weighted by Crippen LogP contribution is -2.13. The van der Waals surface area contributed by atoms with Gasteiger partial charge in [-0.25, -0.2) is 0 Å². The molecule has 2 rings (SSSR count). The van der Waals surface area contributed by atoms with Gasteiger partial charge in [0.1, 0.15) is 5.75 Å². The van der Waals surface area contributed by atoms with Gasteiger partial charge >= 0.3 is 0 Å². The molecule has 0 unspecified atom stereocenters. The fourth-order valence-electron chi connectivity index (χ4n) is 1.65. The van der Waals surface area contributed by atoms with E-state index < -0.39 is 5.56 Å². The third-order valence-corrected chi connectivity index (χ3v) is 2.87. The van der Waals surface area contributed by atoms with Gasteiger partial charge in [-0.15, -0.1) is 0 Å². The van der Waals surface area contributed by atoms with E-state index >= 15 is 0 Å². The van der Waals surface area contributed by atoms with Gasteiger partial charge in [0.15, 0.2) is 10.7 Å². The lowest BCUT2D eigenvalue weighted by molar-refractivity contribution is 0.295. The molecule has 0 atom stereocenters. The highest BCUT2D eigenvalue weighted by Crippen LogP contribution is 2.10. The molecule has 2 N–H and O–H groups in total. The van der Waals surface area contributed by atoms with Gasteiger partial charge in [0.25, 0.3) is 5.56 Å². The zero-order valence-electron chi connectivity index (χ0n) is 10.2. The van der Waals surface area contributed by atoms with Crippen molar-refractivity contribution in [1.29, 1.82) is 0 Å². The first-order valence-electron chi connectivity index (χ1n) is 5.88. The molecule has 0 aliphatic rings. The average Bonchev–Trinajstić information content (AvgIpc) is 2.38. The molecule has 0 aliphatic carbocycles. The summed E-state index contributed by atoms with van der Waals surface area (Å²) >= 11 is 4.98. The molecular weight excluding hydrogens is 264 g/mol. The predicted octanol–water partition coefficient (Wildman–Crippen LogP) is 2.08. The van der Waals surface area contributed by atoms with E-state index in [0.717, 1.165) is 11.8 Å². The van der Waals surface area contributed by atoms with Crippen molar-refractivity contribution in [3.8, 4) is 11.6 Å². The smallest absolute Gasteiger partial charge is 0.255 e. The van der Waals surface area contributed by atoms with E-state index in [0.29, 0.717) is 19.6 Å². The lowest BCUT2D eigenvalue weighted by atomic mass is 10.3. The Morgan fingerprint density at radius 3 is 2.74 bits per heavy atom. The molecule has 0 saturated heterocycles. The Morgan fingerprint density at radius 1 is 1.32 bits per heavy atom. The van der Waals surface area contributed by atoms with Crippen molar-refractivity contribution in [2.24, 2.45) is 0 Å². The average molecular weight is 278 g/mol. The van der Waals surface area contributed by atoms with Gasteiger partial charge in [0, 0.05) is 6.54 Å². The molecule has 0 radical (unpaired) electrons. The number of nitrogens with one attached hydrogen (secondary N) is 1. The van der Waals surface area contributed by atoms with Crippen LogP contribution in [0.2, 0.25) is 0 Å². The molecule has 0 amide bonds. The van der Waals surface area contributed by atoms with E-state index in [1.165, 1.54) is 4.57 Å². The molecule has 100 valence electrons. The highest BCUT2D eigenvalue weighted by Gasteiger charge is 2.02. The number of hydrogen-bond acceptors (Lipinski definition) is 4. The maximum Gasteiger partial charge on any atom is 0.255 e. The van der Waals surface area contributed by atoms with Crippen molar-refractivity contribution in [3.05, 3.63) is 51.5 Å². The third-order valence-electron chi connectivity index (χ3n) is 2.55. The number of ether oxygens (including phenoxy) is 1. The van der Waals surface area contributed by atoms with E-state index in [1.54, 1.807) is 0 Å². The number of aromatic hydroxyl groups is 1. The summed E-state index contributed by atoms with van der Waals surface area (Å²) in [6.07, 6.45) is 0.669. The van der Waals surface area contributed by atoms with Crippen LogP contribution < -0.4 is 10.3 Å². The van der Waals surface area contributed by atoms with Crippen molar-refractivity contribution in [2.45, 2.75) is 13.0 Å². The standard InChI is InChI=1S/C13H14N2O3S/c16-11-9-12(17)15(13(19)14-11)7-4-8-18-10-5-2-1-3-6-10/h1-3,5-6,9,17H,4,7-8H2,(H,14,16,19). The summed E-state index contributed by atoms with van der Waals surface area (Å²) in [6, 6.07) is 10.6. The quantitative estimate of drug-likeness (QED) is 0.649. The molecule has 6 heteroatoms. The van der Waals surface area contributed by atoms with Crippen LogP contribution in [0, 0.1) is 4.77 Å². The van der Waals surface area contributed by atoms with Gasteiger partial charge in [-0.05, 0) is 30.8 Å². The van der Waals surface area contributed by atoms with Crippen molar-refractivity contribution in [2.75, 3.05) is 6.61 Å². The molecule has 1 heterocycles. The molecule has 0 fully saturated rings. The third kappa shape index (κ3) is 3.69. The van der Waals surface area contributed by atoms with Gasteiger partial charge in [0.2, 0.25) is 0 Å². The molecule has 0 spiro atoms. The summed E-state index contributed by atoms with van der Waals surface area (Å²) < 4.78 is 7.21. The summed E-state index contributed by atoms with van der Waals surface area (Å²) in [7, 11) is 0. The van der Waals surface area contributed by atoms with Gasteiger partial charge in [-0.1, -0.05) is 18.2 Å². The van der Waals surface area contributed by atoms with Gasteiger partial charge in [0.05, 0.1) is 12.7 Å². The molecular formula is C13H14N2O3S. The van der Waals surface area contributed by atoms with Gasteiger partial charge in [-0.2, -0.15) is 0 Å². The van der Waals surface area contributed by atoms with Crippen molar-refractivity contribution < 1.29 is 9.84 Å². The largest absolute Gasteiger partial charge is 0.494 e. The topological polar surface area (TPSA) is 67.2 Å². The van der Waals surface area contributed by atoms with Gasteiger partial charge in [-0.3, -0.25) is 14.3 Å². The van der Waals surface area contributed by atoms with Crippen molar-refractivity contribution in [3.63, 3.8) is 0 Å². The zero-order valence-corrected chi connectivity index (χ0v) is 11.0. The molecule has 1 aromatic carbocycles. The van der Waals surface area contributed by atoms with Crippen LogP contribution in [0.1, 0.15) is 6.42 Å². The first-order valence-corrected chi connectivity index (χ1v) is 6.28. The number of para-hydroxylation sites is 1. The summed E-state index contributed by atoms with van der Waals surface area (Å²) in [6.45, 7) is 0.985. The number of aromatic amines is 1. The predicted molar refractivity (Wildman–Crippen MR) is 74.1 cm³/mol. The maximum atomic E-state index is 11.1. The molecule has 1 aromatic heterocycles. The Bertz CT molecular complexity index is 649. The summed E-state index contributed by atoms with van der Waals surface area (Å²) in [4.78, 5) is 13.5. The Morgan fingerprint density at radius 2 is 2.05 bits per heavy atom. The highest BCUT2D eigenvalue weighted by molar-refractivity contribution is 7.71. The molecule has 19 heavy (non-hydrogen) atoms. The second kappa shape index (κ2) is 6.19. The van der Waals surface area contributed by atoms with E-state index in [2.05, 4.69) is 4.98 Å². The number of hydrogen-bond donors (Lipinski definition) is 2. The lowest BCUT2D eigenvalue weighted by Gasteiger charge is -2.09. The van der Waals surface area contributed by atoms with Gasteiger partial charge < -0.3 is 9.84 Å². The number of rotatable bonds is 5. The summed E-state index contributed by atoms with van der Waals surface area (Å²) in [5.41, 5.74) is -0.403. The van der Waals surface area contributed by atoms with Crippen molar-refractivity contribution >= 4 is 12.2 Å². The van der Waals surface area contributed by atoms with Crippen LogP contribution >= 0.6 is 12.2 Å². The van der Waals surface area contributed by atoms with E-state index in [9.17, 15) is 9.90 Å². The zero-order chi connectivity index (χ0) is 13.7. The fourth-order valence-corrected chi connectivity index (χ4v) is 1.94. The van der Waals surface area contributed by atoms with Crippen LogP contribution in [0.25, 0.3) is 0 Å². The second-order valence-corrected chi connectivity index (χ2v) is 4.35. The molecule has 0 aliphatic heterocycles. The Labute approximate surface area is 115 Å². The number of benzene rings is 1. The van der Waals surface area contributed by atoms with Crippen LogP contribution in [-0.2, 0) is 6.54 Å². The summed E-state index contributed by atoms with van der Waals surface area (Å²) in [5.74, 6) is 0.672. The SMILES string of the molecule is O=c1cc(O)n(CCCOc2ccccc2)c(=S)[nH]1. The number of H-pyrrole nitrogens is 1. The Hall–Kier alpha value is -2.08. The minimum absolute atomic E-state index is 0.131. The molecule has 0 saturated carbocycles. The molecule has 5 nitrogen and oxygen atoms in total. The van der Waals surface area contributed by atoms with E-state index in [-0.39, 0.29) is 10.7 Å². The normalized spacial score (nSPS) is 10.3. The van der Waals surface area contributed by atoms with Crippen LogP contribution in [0.15, 0.2) is 41.2 Å². The maximum absolute atomic E-state index is 11.1. The van der Waals surface area contributed by atoms with Crippen LogP contribution in [-0.4, -0.2) is 21.3 Å². The minimum Gasteiger partial charge on any atom is -0.494 e. The monoisotopic (exact) mass is 278 g/mol. The van der Waals surface area contributed by atoms with Crippen LogP contribution in [0.4, 0.5) is 0 Å². The van der Waals surface area contributed by atoms with E-state index in [1.807, 2.05) is 30.3 Å². The molecule has 0 bridgehead atoms. The Balaban J connectivity index is 1.90. The fraction of sp³-hybridized carbons (Fsp3) is 0.231. The first kappa shape index (κ1) is 13.4. The highest BCUT2D eigenvalue weighted by atomic mass is 32.1. The van der Waals surface area contributed by atoms with Crippen LogP contribution in [0.5, 0.6) is 11.6 Å². The summed E-state index contributed by atoms with van der Waals surface area (Å²) in [5, 5.41) is 9.62. The number of aromatic nitrogens is 2. The Kier molecular flexibility index (Phi) is 4.35. The second-order valence-electron chi connectivity index (χ2n) is 3.96. The van der Waals surface area contributed by atoms with Crippen molar-refractivity contribution in [1.82, 2.24) is 9.55 Å². The van der Waals surface area contributed by atoms with E-state index in [4.69, 9.17) is 17.0 Å². The number of nitrogens with zero attached hydrogens (tertiary/aromatic N) is 1. The first-order chi connectivity index (χ1) is 9.16. The minimum atomic E-state index is -0.403. The molecule has 2 aromatic rings. The van der Waals surface area contributed by atoms with Crippen LogP contribution in [0.3, 0.4) is 0 Å².